The minimum Gasteiger partial charge on any atom is -0.373 e. The van der Waals surface area contributed by atoms with E-state index in [9.17, 15) is 27.2 Å². The zero-order chi connectivity index (χ0) is 23.7. The van der Waals surface area contributed by atoms with E-state index in [2.05, 4.69) is 5.32 Å². The predicted octanol–water partition coefficient (Wildman–Crippen LogP) is 2.14. The van der Waals surface area contributed by atoms with E-state index in [0.29, 0.717) is 11.1 Å². The van der Waals surface area contributed by atoms with Crippen molar-refractivity contribution in [3.05, 3.63) is 57.3 Å². The molecule has 10 heteroatoms. The predicted molar refractivity (Wildman–Crippen MR) is 116 cm³/mol. The Bertz CT molecular complexity index is 1160. The second-order valence-electron chi connectivity index (χ2n) is 9.22. The third kappa shape index (κ3) is 5.73. The SMILES string of the molecule is CC(C)(C)c1ccc(CC(=O)C(NC(=O)c2cc(=O)[nH]o2)C2CCS(=O)(=O)CC2)cc1F. The van der Waals surface area contributed by atoms with E-state index in [-0.39, 0.29) is 42.3 Å². The van der Waals surface area contributed by atoms with Gasteiger partial charge in [-0.05, 0) is 41.4 Å². The number of sulfone groups is 1. The molecule has 0 bridgehead atoms. The average Bonchev–Trinajstić information content (AvgIpc) is 3.12. The summed E-state index contributed by atoms with van der Waals surface area (Å²) in [5.41, 5.74) is -0.0110. The lowest BCUT2D eigenvalue weighted by atomic mass is 9.85. The Morgan fingerprint density at radius 3 is 2.41 bits per heavy atom. The fourth-order valence-corrected chi connectivity index (χ4v) is 5.43. The summed E-state index contributed by atoms with van der Waals surface area (Å²) in [5, 5.41) is 4.59. The number of Topliss-reactive ketones (excluding diaryl/α,β-unsaturated/α-hetero) is 1. The standard InChI is InChI=1S/C22H27FN2O6S/c1-22(2,3)15-5-4-13(10-16(15)23)11-17(26)20(14-6-8-32(29,30)9-7-14)24-21(28)18-12-19(27)25-31-18/h4-5,10,12,14,20H,6-9,11H2,1-3H3,(H,24,28)(H,25,27). The van der Waals surface area contributed by atoms with E-state index in [4.69, 9.17) is 4.52 Å². The molecule has 0 spiro atoms. The van der Waals surface area contributed by atoms with Crippen LogP contribution in [0.3, 0.4) is 0 Å². The number of ketones is 1. The second-order valence-corrected chi connectivity index (χ2v) is 11.5. The first-order valence-electron chi connectivity index (χ1n) is 10.4. The monoisotopic (exact) mass is 466 g/mol. The van der Waals surface area contributed by atoms with Gasteiger partial charge in [-0.15, -0.1) is 0 Å². The quantitative estimate of drug-likeness (QED) is 0.672. The van der Waals surface area contributed by atoms with Gasteiger partial charge in [-0.1, -0.05) is 32.9 Å². The normalized spacial score (nSPS) is 17.6. The van der Waals surface area contributed by atoms with E-state index >= 15 is 0 Å². The second kappa shape index (κ2) is 9.01. The minimum absolute atomic E-state index is 0.0779. The van der Waals surface area contributed by atoms with E-state index in [1.807, 2.05) is 25.9 Å². The maximum atomic E-state index is 14.6. The van der Waals surface area contributed by atoms with Crippen LogP contribution in [-0.4, -0.2) is 42.8 Å². The number of H-pyrrole nitrogens is 1. The van der Waals surface area contributed by atoms with Gasteiger partial charge in [0.05, 0.1) is 23.6 Å². The summed E-state index contributed by atoms with van der Waals surface area (Å²) in [4.78, 5) is 36.9. The number of hydrogen-bond donors (Lipinski definition) is 2. The third-order valence-electron chi connectivity index (χ3n) is 5.67. The molecule has 1 unspecified atom stereocenters. The number of carbonyl (C=O) groups is 2. The van der Waals surface area contributed by atoms with Crippen LogP contribution in [0.4, 0.5) is 4.39 Å². The highest BCUT2D eigenvalue weighted by Gasteiger charge is 2.35. The molecule has 1 aromatic heterocycles. The molecule has 1 aliphatic heterocycles. The minimum atomic E-state index is -3.17. The van der Waals surface area contributed by atoms with Crippen LogP contribution in [0.2, 0.25) is 0 Å². The number of carbonyl (C=O) groups excluding carboxylic acids is 2. The summed E-state index contributed by atoms with van der Waals surface area (Å²) in [6, 6.07) is 4.60. The topological polar surface area (TPSA) is 126 Å². The van der Waals surface area contributed by atoms with E-state index in [0.717, 1.165) is 6.07 Å². The molecule has 8 nitrogen and oxygen atoms in total. The Kier molecular flexibility index (Phi) is 6.73. The highest BCUT2D eigenvalue weighted by molar-refractivity contribution is 7.91. The van der Waals surface area contributed by atoms with Crippen molar-refractivity contribution in [3.8, 4) is 0 Å². The molecule has 1 amide bonds. The molecule has 174 valence electrons. The van der Waals surface area contributed by atoms with Gasteiger partial charge in [-0.2, -0.15) is 5.16 Å². The van der Waals surface area contributed by atoms with Gasteiger partial charge in [0.15, 0.2) is 5.78 Å². The maximum Gasteiger partial charge on any atom is 0.290 e. The molecule has 0 radical (unpaired) electrons. The lowest BCUT2D eigenvalue weighted by molar-refractivity contribution is -0.121. The molecule has 1 aliphatic rings. The van der Waals surface area contributed by atoms with Gasteiger partial charge < -0.3 is 9.84 Å². The molecule has 0 aliphatic carbocycles. The zero-order valence-corrected chi connectivity index (χ0v) is 19.1. The Morgan fingerprint density at radius 2 is 1.88 bits per heavy atom. The average molecular weight is 467 g/mol. The first-order valence-corrected chi connectivity index (χ1v) is 12.2. The number of aromatic amines is 1. The zero-order valence-electron chi connectivity index (χ0n) is 18.2. The van der Waals surface area contributed by atoms with Crippen molar-refractivity contribution in [1.82, 2.24) is 10.5 Å². The smallest absolute Gasteiger partial charge is 0.290 e. The summed E-state index contributed by atoms with van der Waals surface area (Å²) in [5.74, 6) is -2.39. The van der Waals surface area contributed by atoms with Crippen LogP contribution in [0.25, 0.3) is 0 Å². The fourth-order valence-electron chi connectivity index (χ4n) is 3.90. The van der Waals surface area contributed by atoms with Gasteiger partial charge in [0.25, 0.3) is 11.5 Å². The molecule has 3 rings (SSSR count). The summed E-state index contributed by atoms with van der Waals surface area (Å²) in [7, 11) is -3.17. The molecule has 32 heavy (non-hydrogen) atoms. The highest BCUT2D eigenvalue weighted by atomic mass is 32.2. The van der Waals surface area contributed by atoms with Gasteiger partial charge in [0.1, 0.15) is 15.7 Å². The fraction of sp³-hybridized carbons (Fsp3) is 0.500. The molecule has 1 aromatic carbocycles. The molecule has 1 fully saturated rings. The summed E-state index contributed by atoms with van der Waals surface area (Å²) in [6.45, 7) is 5.66. The van der Waals surface area contributed by atoms with Gasteiger partial charge in [-0.3, -0.25) is 14.4 Å². The van der Waals surface area contributed by atoms with Gasteiger partial charge in [-0.25, -0.2) is 12.8 Å². The molecular formula is C22H27FN2O6S. The number of nitrogens with one attached hydrogen (secondary N) is 2. The van der Waals surface area contributed by atoms with Crippen LogP contribution in [0.15, 0.2) is 33.6 Å². The Morgan fingerprint density at radius 1 is 1.22 bits per heavy atom. The number of halogens is 1. The van der Waals surface area contributed by atoms with Crippen LogP contribution in [-0.2, 0) is 26.5 Å². The molecule has 1 atom stereocenters. The number of rotatable bonds is 6. The lowest BCUT2D eigenvalue weighted by Gasteiger charge is -2.29. The maximum absolute atomic E-state index is 14.6. The lowest BCUT2D eigenvalue weighted by Crippen LogP contribution is -2.48. The van der Waals surface area contributed by atoms with Crippen molar-refractivity contribution in [2.45, 2.75) is 51.5 Å². The van der Waals surface area contributed by atoms with Crippen LogP contribution < -0.4 is 10.9 Å². The Balaban J connectivity index is 1.82. The summed E-state index contributed by atoms with van der Waals surface area (Å²) in [6.07, 6.45) is 0.299. The largest absolute Gasteiger partial charge is 0.373 e. The molecular weight excluding hydrogens is 439 g/mol. The first kappa shape index (κ1) is 23.9. The molecule has 2 aromatic rings. The van der Waals surface area contributed by atoms with Crippen LogP contribution in [0.1, 0.15) is 55.3 Å². The molecule has 1 saturated heterocycles. The van der Waals surface area contributed by atoms with Crippen molar-refractivity contribution < 1.29 is 26.9 Å². The summed E-state index contributed by atoms with van der Waals surface area (Å²) >= 11 is 0. The van der Waals surface area contributed by atoms with Crippen LogP contribution in [0, 0.1) is 11.7 Å². The summed E-state index contributed by atoms with van der Waals surface area (Å²) < 4.78 is 43.0. The number of benzene rings is 1. The van der Waals surface area contributed by atoms with Crippen molar-refractivity contribution >= 4 is 21.5 Å². The van der Waals surface area contributed by atoms with Gasteiger partial charge in [0, 0.05) is 6.42 Å². The highest BCUT2D eigenvalue weighted by Crippen LogP contribution is 2.27. The molecule has 2 heterocycles. The Hall–Kier alpha value is -2.75. The molecule has 2 N–H and O–H groups in total. The first-order chi connectivity index (χ1) is 14.9. The Labute approximate surface area is 185 Å². The number of amides is 1. The van der Waals surface area contributed by atoms with Gasteiger partial charge in [0.2, 0.25) is 5.76 Å². The van der Waals surface area contributed by atoms with Crippen molar-refractivity contribution in [2.75, 3.05) is 11.5 Å². The van der Waals surface area contributed by atoms with E-state index in [1.54, 1.807) is 12.1 Å². The number of aromatic nitrogens is 1. The van der Waals surface area contributed by atoms with E-state index < -0.39 is 44.5 Å². The van der Waals surface area contributed by atoms with Crippen molar-refractivity contribution in [1.29, 1.82) is 0 Å². The third-order valence-corrected chi connectivity index (χ3v) is 7.39. The van der Waals surface area contributed by atoms with E-state index in [1.165, 1.54) is 6.07 Å². The molecule has 0 saturated carbocycles. The van der Waals surface area contributed by atoms with Crippen molar-refractivity contribution in [2.24, 2.45) is 5.92 Å². The van der Waals surface area contributed by atoms with Crippen LogP contribution >= 0.6 is 0 Å². The number of hydrogen-bond acceptors (Lipinski definition) is 6. The van der Waals surface area contributed by atoms with Crippen LogP contribution in [0.5, 0.6) is 0 Å². The van der Waals surface area contributed by atoms with Crippen molar-refractivity contribution in [3.63, 3.8) is 0 Å². The van der Waals surface area contributed by atoms with Gasteiger partial charge >= 0.3 is 0 Å².